The van der Waals surface area contributed by atoms with E-state index in [-0.39, 0.29) is 0 Å². The van der Waals surface area contributed by atoms with Crippen molar-refractivity contribution in [3.63, 3.8) is 0 Å². The average Bonchev–Trinajstić information content (AvgIpc) is 2.84. The van der Waals surface area contributed by atoms with Gasteiger partial charge in [0.05, 0.1) is 5.60 Å². The number of hydrogen-bond acceptors (Lipinski definition) is 1. The molecule has 1 N–H and O–H groups in total. The number of rotatable bonds is 2. The highest BCUT2D eigenvalue weighted by Crippen LogP contribution is 2.46. The van der Waals surface area contributed by atoms with Crippen LogP contribution in [0.1, 0.15) is 30.9 Å². The summed E-state index contributed by atoms with van der Waals surface area (Å²) in [5, 5.41) is 11.1. The van der Waals surface area contributed by atoms with Crippen LogP contribution in [0, 0.1) is 12.8 Å². The van der Waals surface area contributed by atoms with Crippen LogP contribution in [-0.4, -0.2) is 5.11 Å². The molecule has 1 saturated carbocycles. The lowest BCUT2D eigenvalue weighted by atomic mass is 9.88. The normalized spacial score (nSPS) is 20.6. The summed E-state index contributed by atoms with van der Waals surface area (Å²) in [4.78, 5) is 0. The topological polar surface area (TPSA) is 20.2 Å². The minimum Gasteiger partial charge on any atom is -0.385 e. The van der Waals surface area contributed by atoms with Gasteiger partial charge in [0.1, 0.15) is 0 Å². The van der Waals surface area contributed by atoms with Crippen molar-refractivity contribution in [2.45, 2.75) is 32.3 Å². The van der Waals surface area contributed by atoms with Gasteiger partial charge in [0.25, 0.3) is 0 Å². The highest BCUT2D eigenvalue weighted by atomic mass is 35.5. The van der Waals surface area contributed by atoms with Gasteiger partial charge in [0.15, 0.2) is 0 Å². The lowest BCUT2D eigenvalue weighted by molar-refractivity contribution is 0.0325. The molecule has 2 rings (SSSR count). The van der Waals surface area contributed by atoms with Gasteiger partial charge in [0.2, 0.25) is 0 Å². The Morgan fingerprint density at radius 2 is 2.07 bits per heavy atom. The second-order valence-corrected chi connectivity index (χ2v) is 4.82. The summed E-state index contributed by atoms with van der Waals surface area (Å²) in [6.07, 6.45) is 2.27. The fourth-order valence-electron chi connectivity index (χ4n) is 2.06. The fourth-order valence-corrected chi connectivity index (χ4v) is 2.29. The standard InChI is InChI=1S/C12H15ClO/c1-8-7-10(13)5-6-11(8)12(2,14)9-3-4-9/h5-7,9,14H,3-4H2,1-2H3/t12-/m0/s1. The van der Waals surface area contributed by atoms with Gasteiger partial charge in [-0.2, -0.15) is 0 Å². The Labute approximate surface area is 89.7 Å². The molecule has 1 aromatic rings. The summed E-state index contributed by atoms with van der Waals surface area (Å²) in [5.74, 6) is 0.433. The van der Waals surface area contributed by atoms with Gasteiger partial charge in [-0.15, -0.1) is 0 Å². The molecule has 1 aromatic carbocycles. The van der Waals surface area contributed by atoms with Gasteiger partial charge in [0, 0.05) is 5.02 Å². The predicted molar refractivity (Wildman–Crippen MR) is 58.5 cm³/mol. The summed E-state index contributed by atoms with van der Waals surface area (Å²) in [5.41, 5.74) is 1.42. The number of benzene rings is 1. The zero-order chi connectivity index (χ0) is 10.3. The Hall–Kier alpha value is -0.530. The van der Waals surface area contributed by atoms with Crippen molar-refractivity contribution in [2.75, 3.05) is 0 Å². The molecule has 0 amide bonds. The fraction of sp³-hybridized carbons (Fsp3) is 0.500. The van der Waals surface area contributed by atoms with E-state index < -0.39 is 5.60 Å². The predicted octanol–water partition coefficient (Wildman–Crippen LogP) is 3.27. The van der Waals surface area contributed by atoms with E-state index in [1.807, 2.05) is 32.0 Å². The molecule has 1 fully saturated rings. The van der Waals surface area contributed by atoms with Gasteiger partial charge >= 0.3 is 0 Å². The van der Waals surface area contributed by atoms with Crippen LogP contribution < -0.4 is 0 Å². The third-order valence-electron chi connectivity index (χ3n) is 3.11. The summed E-state index contributed by atoms with van der Waals surface area (Å²) < 4.78 is 0. The minimum atomic E-state index is -0.672. The Morgan fingerprint density at radius 3 is 2.57 bits per heavy atom. The van der Waals surface area contributed by atoms with Crippen LogP contribution in [0.4, 0.5) is 0 Å². The zero-order valence-corrected chi connectivity index (χ0v) is 9.30. The molecule has 1 atom stereocenters. The van der Waals surface area contributed by atoms with Crippen LogP contribution in [0.2, 0.25) is 5.02 Å². The lowest BCUT2D eigenvalue weighted by Crippen LogP contribution is -2.24. The first-order chi connectivity index (χ1) is 6.51. The number of aliphatic hydroxyl groups is 1. The average molecular weight is 211 g/mol. The third-order valence-corrected chi connectivity index (χ3v) is 3.34. The maximum atomic E-state index is 10.4. The van der Waals surface area contributed by atoms with Crippen LogP contribution >= 0.6 is 11.6 Å². The summed E-state index contributed by atoms with van der Waals surface area (Å²) in [7, 11) is 0. The quantitative estimate of drug-likeness (QED) is 0.795. The molecule has 1 aliphatic rings. The van der Waals surface area contributed by atoms with Crippen molar-refractivity contribution < 1.29 is 5.11 Å². The third kappa shape index (κ3) is 1.67. The first kappa shape index (κ1) is 10.0. The second-order valence-electron chi connectivity index (χ2n) is 4.38. The Kier molecular flexibility index (Phi) is 2.32. The number of halogens is 1. The second kappa shape index (κ2) is 3.25. The molecule has 0 aromatic heterocycles. The molecule has 0 radical (unpaired) electrons. The first-order valence-corrected chi connectivity index (χ1v) is 5.38. The SMILES string of the molecule is Cc1cc(Cl)ccc1[C@@](C)(O)C1CC1. The lowest BCUT2D eigenvalue weighted by Gasteiger charge is -2.25. The highest BCUT2D eigenvalue weighted by Gasteiger charge is 2.41. The van der Waals surface area contributed by atoms with Gasteiger partial charge in [-0.05, 0) is 55.9 Å². The highest BCUT2D eigenvalue weighted by molar-refractivity contribution is 6.30. The van der Waals surface area contributed by atoms with Crippen molar-refractivity contribution in [1.29, 1.82) is 0 Å². The molecular formula is C12H15ClO. The van der Waals surface area contributed by atoms with Crippen LogP contribution in [0.15, 0.2) is 18.2 Å². The van der Waals surface area contributed by atoms with Gasteiger partial charge < -0.3 is 5.11 Å². The van der Waals surface area contributed by atoms with Gasteiger partial charge in [-0.1, -0.05) is 17.7 Å². The molecule has 0 unspecified atom stereocenters. The van der Waals surface area contributed by atoms with Crippen molar-refractivity contribution >= 4 is 11.6 Å². The smallest absolute Gasteiger partial charge is 0.0899 e. The van der Waals surface area contributed by atoms with E-state index in [0.29, 0.717) is 5.92 Å². The van der Waals surface area contributed by atoms with E-state index in [0.717, 1.165) is 29.0 Å². The van der Waals surface area contributed by atoms with Crippen molar-refractivity contribution in [1.82, 2.24) is 0 Å². The van der Waals surface area contributed by atoms with Crippen LogP contribution in [0.25, 0.3) is 0 Å². The minimum absolute atomic E-state index is 0.433. The molecule has 0 spiro atoms. The number of hydrogen-bond donors (Lipinski definition) is 1. The van der Waals surface area contributed by atoms with E-state index in [4.69, 9.17) is 11.6 Å². The Balaban J connectivity index is 2.40. The Morgan fingerprint density at radius 1 is 1.43 bits per heavy atom. The Bertz CT molecular complexity index is 353. The van der Waals surface area contributed by atoms with E-state index in [1.165, 1.54) is 0 Å². The van der Waals surface area contributed by atoms with Gasteiger partial charge in [-0.3, -0.25) is 0 Å². The molecule has 0 heterocycles. The number of aryl methyl sites for hydroxylation is 1. The molecule has 1 aliphatic carbocycles. The molecule has 0 bridgehead atoms. The maximum Gasteiger partial charge on any atom is 0.0899 e. The molecule has 2 heteroatoms. The molecule has 76 valence electrons. The maximum absolute atomic E-state index is 10.4. The molecule has 1 nitrogen and oxygen atoms in total. The van der Waals surface area contributed by atoms with Crippen molar-refractivity contribution in [3.8, 4) is 0 Å². The largest absolute Gasteiger partial charge is 0.385 e. The molecule has 0 saturated heterocycles. The van der Waals surface area contributed by atoms with E-state index in [2.05, 4.69) is 0 Å². The van der Waals surface area contributed by atoms with Crippen LogP contribution in [-0.2, 0) is 5.60 Å². The monoisotopic (exact) mass is 210 g/mol. The summed E-state index contributed by atoms with van der Waals surface area (Å²) in [6.45, 7) is 3.90. The van der Waals surface area contributed by atoms with E-state index >= 15 is 0 Å². The van der Waals surface area contributed by atoms with Crippen LogP contribution in [0.5, 0.6) is 0 Å². The van der Waals surface area contributed by atoms with E-state index in [1.54, 1.807) is 0 Å². The summed E-state index contributed by atoms with van der Waals surface area (Å²) in [6, 6.07) is 5.70. The molecular weight excluding hydrogens is 196 g/mol. The molecule has 0 aliphatic heterocycles. The zero-order valence-electron chi connectivity index (χ0n) is 8.55. The molecule has 14 heavy (non-hydrogen) atoms. The van der Waals surface area contributed by atoms with Crippen LogP contribution in [0.3, 0.4) is 0 Å². The van der Waals surface area contributed by atoms with Gasteiger partial charge in [-0.25, -0.2) is 0 Å². The van der Waals surface area contributed by atoms with Crippen molar-refractivity contribution in [2.24, 2.45) is 5.92 Å². The first-order valence-electron chi connectivity index (χ1n) is 5.01. The van der Waals surface area contributed by atoms with E-state index in [9.17, 15) is 5.11 Å². The summed E-state index contributed by atoms with van der Waals surface area (Å²) >= 11 is 5.88. The van der Waals surface area contributed by atoms with Crippen molar-refractivity contribution in [3.05, 3.63) is 34.3 Å².